The maximum Gasteiger partial charge on any atom is 0.203 e. The second-order valence-corrected chi connectivity index (χ2v) is 5.57. The molecule has 0 aliphatic rings. The summed E-state index contributed by atoms with van der Waals surface area (Å²) in [6.45, 7) is 0. The number of benzene rings is 1. The summed E-state index contributed by atoms with van der Waals surface area (Å²) in [5, 5.41) is 9.85. The third kappa shape index (κ3) is 2.27. The first-order valence-corrected chi connectivity index (χ1v) is 7.17. The normalized spacial score (nSPS) is 12.3. The first kappa shape index (κ1) is 14.6. The number of H-pyrrole nitrogens is 1. The summed E-state index contributed by atoms with van der Waals surface area (Å²) in [4.78, 5) is 19.6. The molecule has 0 aliphatic heterocycles. The van der Waals surface area contributed by atoms with Crippen molar-refractivity contribution in [2.75, 3.05) is 0 Å². The monoisotopic (exact) mass is 332 g/mol. The number of aromatic nitrogens is 3. The SMILES string of the molecule is Cn1c(C(C#N)C(=O)c2cc(Cl)c(Cl)[nH]2)nc2ccccc21. The summed E-state index contributed by atoms with van der Waals surface area (Å²) >= 11 is 11.7. The molecule has 0 fully saturated rings. The number of aromatic amines is 1. The molecule has 0 aliphatic carbocycles. The number of hydrogen-bond acceptors (Lipinski definition) is 3. The Hall–Kier alpha value is -2.29. The standard InChI is InChI=1S/C15H10Cl2N4O/c1-21-12-5-3-2-4-10(12)20-15(21)8(7-18)13(22)11-6-9(16)14(17)19-11/h2-6,8,19H,1H3. The van der Waals surface area contributed by atoms with E-state index < -0.39 is 11.7 Å². The number of ketones is 1. The van der Waals surface area contributed by atoms with Crippen LogP contribution >= 0.6 is 23.2 Å². The lowest BCUT2D eigenvalue weighted by Gasteiger charge is -2.07. The largest absolute Gasteiger partial charge is 0.342 e. The summed E-state index contributed by atoms with van der Waals surface area (Å²) in [6, 6.07) is 10.9. The Morgan fingerprint density at radius 1 is 1.41 bits per heavy atom. The van der Waals surface area contributed by atoms with Crippen molar-refractivity contribution < 1.29 is 4.79 Å². The van der Waals surface area contributed by atoms with Gasteiger partial charge in [0, 0.05) is 7.05 Å². The van der Waals surface area contributed by atoms with E-state index in [1.54, 1.807) is 11.6 Å². The van der Waals surface area contributed by atoms with Crippen molar-refractivity contribution in [3.8, 4) is 6.07 Å². The minimum absolute atomic E-state index is 0.173. The molecule has 0 saturated carbocycles. The van der Waals surface area contributed by atoms with Gasteiger partial charge in [0.05, 0.1) is 27.8 Å². The van der Waals surface area contributed by atoms with E-state index in [2.05, 4.69) is 9.97 Å². The number of rotatable bonds is 3. The first-order chi connectivity index (χ1) is 10.5. The second-order valence-electron chi connectivity index (χ2n) is 4.79. The van der Waals surface area contributed by atoms with Gasteiger partial charge < -0.3 is 9.55 Å². The van der Waals surface area contributed by atoms with Gasteiger partial charge in [-0.15, -0.1) is 0 Å². The fourth-order valence-corrected chi connectivity index (χ4v) is 2.66. The predicted molar refractivity (Wildman–Crippen MR) is 84.2 cm³/mol. The van der Waals surface area contributed by atoms with E-state index in [-0.39, 0.29) is 15.9 Å². The Kier molecular flexibility index (Phi) is 3.65. The summed E-state index contributed by atoms with van der Waals surface area (Å²) in [5.41, 5.74) is 1.78. The summed E-state index contributed by atoms with van der Waals surface area (Å²) < 4.78 is 1.74. The lowest BCUT2D eigenvalue weighted by Crippen LogP contribution is -2.15. The molecule has 0 spiro atoms. The number of Topliss-reactive ketones (excluding diaryl/α,β-unsaturated/α-hetero) is 1. The summed E-state index contributed by atoms with van der Waals surface area (Å²) in [6.07, 6.45) is 0. The molecule has 1 unspecified atom stereocenters. The van der Waals surface area contributed by atoms with Crippen molar-refractivity contribution in [3.63, 3.8) is 0 Å². The molecule has 0 radical (unpaired) electrons. The Morgan fingerprint density at radius 2 is 2.14 bits per heavy atom. The lowest BCUT2D eigenvalue weighted by molar-refractivity contribution is 0.0971. The second kappa shape index (κ2) is 5.48. The molecule has 2 aromatic heterocycles. The van der Waals surface area contributed by atoms with Crippen LogP contribution in [0.2, 0.25) is 10.2 Å². The summed E-state index contributed by atoms with van der Waals surface area (Å²) in [7, 11) is 1.77. The van der Waals surface area contributed by atoms with Gasteiger partial charge in [-0.2, -0.15) is 5.26 Å². The van der Waals surface area contributed by atoms with E-state index in [4.69, 9.17) is 23.2 Å². The molecule has 2 heterocycles. The Morgan fingerprint density at radius 3 is 2.73 bits per heavy atom. The zero-order valence-electron chi connectivity index (χ0n) is 11.5. The minimum atomic E-state index is -1.04. The minimum Gasteiger partial charge on any atom is -0.342 e. The number of fused-ring (bicyclic) bond motifs is 1. The number of halogens is 2. The van der Waals surface area contributed by atoms with Gasteiger partial charge in [-0.25, -0.2) is 4.98 Å². The maximum atomic E-state index is 12.5. The van der Waals surface area contributed by atoms with Crippen molar-refractivity contribution >= 4 is 40.0 Å². The molecule has 3 rings (SSSR count). The van der Waals surface area contributed by atoms with Gasteiger partial charge in [-0.3, -0.25) is 4.79 Å². The Bertz CT molecular complexity index is 900. The van der Waals surface area contributed by atoms with Crippen molar-refractivity contribution in [2.45, 2.75) is 5.92 Å². The number of nitrogens with zero attached hydrogens (tertiary/aromatic N) is 3. The van der Waals surface area contributed by atoms with Crippen molar-refractivity contribution in [1.82, 2.24) is 14.5 Å². The number of imidazole rings is 1. The molecule has 0 bridgehead atoms. The van der Waals surface area contributed by atoms with E-state index >= 15 is 0 Å². The number of nitriles is 1. The molecule has 22 heavy (non-hydrogen) atoms. The predicted octanol–water partition coefficient (Wildman–Crippen LogP) is 3.70. The molecule has 1 aromatic carbocycles. The van der Waals surface area contributed by atoms with Crippen LogP contribution in [-0.2, 0) is 7.05 Å². The van der Waals surface area contributed by atoms with Crippen LogP contribution in [0.4, 0.5) is 0 Å². The van der Waals surface area contributed by atoms with E-state index in [1.807, 2.05) is 30.3 Å². The zero-order valence-corrected chi connectivity index (χ0v) is 13.0. The molecule has 5 nitrogen and oxygen atoms in total. The van der Waals surface area contributed by atoms with Gasteiger partial charge in [0.25, 0.3) is 0 Å². The number of hydrogen-bond donors (Lipinski definition) is 1. The maximum absolute atomic E-state index is 12.5. The number of carbonyl (C=O) groups is 1. The third-order valence-electron chi connectivity index (χ3n) is 3.46. The number of para-hydroxylation sites is 2. The molecule has 7 heteroatoms. The van der Waals surface area contributed by atoms with E-state index in [1.165, 1.54) is 6.07 Å². The van der Waals surface area contributed by atoms with Crippen LogP contribution < -0.4 is 0 Å². The molecule has 110 valence electrons. The van der Waals surface area contributed by atoms with Crippen molar-refractivity contribution in [2.24, 2.45) is 7.05 Å². The van der Waals surface area contributed by atoms with Gasteiger partial charge in [0.1, 0.15) is 11.0 Å². The van der Waals surface area contributed by atoms with E-state index in [0.717, 1.165) is 11.0 Å². The molecule has 3 aromatic rings. The molecule has 1 atom stereocenters. The quantitative estimate of drug-likeness (QED) is 0.743. The van der Waals surface area contributed by atoms with Gasteiger partial charge in [0.2, 0.25) is 5.78 Å². The fourth-order valence-electron chi connectivity index (χ4n) is 2.35. The topological polar surface area (TPSA) is 74.5 Å². The first-order valence-electron chi connectivity index (χ1n) is 6.42. The smallest absolute Gasteiger partial charge is 0.203 e. The molecular formula is C15H10Cl2N4O. The van der Waals surface area contributed by atoms with Crippen LogP contribution in [0.3, 0.4) is 0 Å². The number of carbonyl (C=O) groups excluding carboxylic acids is 1. The lowest BCUT2D eigenvalue weighted by atomic mass is 10.0. The van der Waals surface area contributed by atoms with Gasteiger partial charge in [0.15, 0.2) is 5.92 Å². The van der Waals surface area contributed by atoms with Crippen LogP contribution in [0, 0.1) is 11.3 Å². The average molecular weight is 333 g/mol. The van der Waals surface area contributed by atoms with E-state index in [9.17, 15) is 10.1 Å². The number of nitrogens with one attached hydrogen (secondary N) is 1. The van der Waals surface area contributed by atoms with Crippen LogP contribution in [-0.4, -0.2) is 20.3 Å². The van der Waals surface area contributed by atoms with Gasteiger partial charge in [-0.1, -0.05) is 35.3 Å². The average Bonchev–Trinajstić information content (AvgIpc) is 3.02. The van der Waals surface area contributed by atoms with Crippen LogP contribution in [0.5, 0.6) is 0 Å². The van der Waals surface area contributed by atoms with Crippen molar-refractivity contribution in [3.05, 3.63) is 52.0 Å². The summed E-state index contributed by atoms with van der Waals surface area (Å²) in [5.74, 6) is -1.08. The highest BCUT2D eigenvalue weighted by atomic mass is 35.5. The van der Waals surface area contributed by atoms with Crippen LogP contribution in [0.15, 0.2) is 30.3 Å². The van der Waals surface area contributed by atoms with Gasteiger partial charge >= 0.3 is 0 Å². The highest BCUT2D eigenvalue weighted by Gasteiger charge is 2.28. The van der Waals surface area contributed by atoms with Crippen LogP contribution in [0.25, 0.3) is 11.0 Å². The molecule has 0 saturated heterocycles. The fraction of sp³-hybridized carbons (Fsp3) is 0.133. The number of aryl methyl sites for hydroxylation is 1. The van der Waals surface area contributed by atoms with E-state index in [0.29, 0.717) is 5.82 Å². The molecule has 0 amide bonds. The van der Waals surface area contributed by atoms with Crippen molar-refractivity contribution in [1.29, 1.82) is 5.26 Å². The van der Waals surface area contributed by atoms with Gasteiger partial charge in [-0.05, 0) is 18.2 Å². The molecular weight excluding hydrogens is 323 g/mol. The Balaban J connectivity index is 2.08. The highest BCUT2D eigenvalue weighted by Crippen LogP contribution is 2.27. The highest BCUT2D eigenvalue weighted by molar-refractivity contribution is 6.41. The Labute approximate surface area is 136 Å². The molecule has 1 N–H and O–H groups in total. The third-order valence-corrected chi connectivity index (χ3v) is 4.15. The zero-order chi connectivity index (χ0) is 15.9. The van der Waals surface area contributed by atoms with Crippen LogP contribution in [0.1, 0.15) is 22.2 Å².